The van der Waals surface area contributed by atoms with E-state index in [0.29, 0.717) is 30.4 Å². The van der Waals surface area contributed by atoms with Crippen LogP contribution in [0.4, 0.5) is 16.2 Å². The highest BCUT2D eigenvalue weighted by atomic mass is 16.6. The standard InChI is InChI=1S/C20H21N3O4/c1-13-10-14-4-2-3-5-16(14)23(13)12-19(24)22-20(25)21-15-6-7-17-18(11-15)27-9-8-26-17/h2-7,11,13H,8-10,12H2,1H3,(H2,21,22,24,25). The van der Waals surface area contributed by atoms with E-state index in [9.17, 15) is 9.59 Å². The molecule has 2 aliphatic heterocycles. The average Bonchev–Trinajstić information content (AvgIpc) is 2.97. The minimum Gasteiger partial charge on any atom is -0.486 e. The predicted octanol–water partition coefficient (Wildman–Crippen LogP) is 2.56. The van der Waals surface area contributed by atoms with E-state index < -0.39 is 6.03 Å². The first-order valence-electron chi connectivity index (χ1n) is 8.95. The van der Waals surface area contributed by atoms with Crippen molar-refractivity contribution in [1.82, 2.24) is 5.32 Å². The lowest BCUT2D eigenvalue weighted by Crippen LogP contribution is -2.43. The van der Waals surface area contributed by atoms with Gasteiger partial charge in [0.25, 0.3) is 0 Å². The molecule has 1 unspecified atom stereocenters. The van der Waals surface area contributed by atoms with E-state index in [2.05, 4.69) is 23.6 Å². The van der Waals surface area contributed by atoms with Gasteiger partial charge in [0.1, 0.15) is 13.2 Å². The molecule has 0 fully saturated rings. The van der Waals surface area contributed by atoms with Gasteiger partial charge in [-0.15, -0.1) is 0 Å². The summed E-state index contributed by atoms with van der Waals surface area (Å²) in [4.78, 5) is 26.5. The molecule has 2 heterocycles. The fraction of sp³-hybridized carbons (Fsp3) is 0.300. The number of nitrogens with one attached hydrogen (secondary N) is 2. The van der Waals surface area contributed by atoms with Crippen molar-refractivity contribution in [2.24, 2.45) is 0 Å². The van der Waals surface area contributed by atoms with E-state index >= 15 is 0 Å². The van der Waals surface area contributed by atoms with E-state index in [1.54, 1.807) is 18.2 Å². The Kier molecular flexibility index (Phi) is 4.58. The summed E-state index contributed by atoms with van der Waals surface area (Å²) in [6, 6.07) is 12.8. The van der Waals surface area contributed by atoms with E-state index in [4.69, 9.17) is 9.47 Å². The molecule has 2 aliphatic rings. The van der Waals surface area contributed by atoms with Gasteiger partial charge in [0, 0.05) is 23.5 Å². The van der Waals surface area contributed by atoms with Gasteiger partial charge < -0.3 is 19.7 Å². The van der Waals surface area contributed by atoms with Gasteiger partial charge in [-0.1, -0.05) is 18.2 Å². The average molecular weight is 367 g/mol. The fourth-order valence-electron chi connectivity index (χ4n) is 3.47. The predicted molar refractivity (Wildman–Crippen MR) is 102 cm³/mol. The summed E-state index contributed by atoms with van der Waals surface area (Å²) in [6.45, 7) is 3.18. The maximum Gasteiger partial charge on any atom is 0.325 e. The van der Waals surface area contributed by atoms with E-state index in [0.717, 1.165) is 12.1 Å². The number of nitrogens with zero attached hydrogens (tertiary/aromatic N) is 1. The molecule has 2 aromatic carbocycles. The summed E-state index contributed by atoms with van der Waals surface area (Å²) in [5, 5.41) is 5.04. The Balaban J connectivity index is 1.35. The zero-order valence-corrected chi connectivity index (χ0v) is 15.0. The number of amides is 3. The highest BCUT2D eigenvalue weighted by Gasteiger charge is 2.27. The lowest BCUT2D eigenvalue weighted by molar-refractivity contribution is -0.118. The molecule has 0 spiro atoms. The molecule has 3 amide bonds. The van der Waals surface area contributed by atoms with E-state index in [1.165, 1.54) is 5.56 Å². The van der Waals surface area contributed by atoms with Crippen LogP contribution < -0.4 is 25.0 Å². The number of carbonyl (C=O) groups is 2. The summed E-state index contributed by atoms with van der Waals surface area (Å²) in [7, 11) is 0. The first kappa shape index (κ1) is 17.2. The van der Waals surface area contributed by atoms with Crippen LogP contribution in [0.2, 0.25) is 0 Å². The molecule has 0 aliphatic carbocycles. The normalized spacial score (nSPS) is 17.2. The van der Waals surface area contributed by atoms with Crippen LogP contribution in [0, 0.1) is 0 Å². The van der Waals surface area contributed by atoms with Crippen molar-refractivity contribution >= 4 is 23.3 Å². The molecule has 0 saturated carbocycles. The number of urea groups is 1. The van der Waals surface area contributed by atoms with Crippen LogP contribution in [0.5, 0.6) is 11.5 Å². The van der Waals surface area contributed by atoms with Gasteiger partial charge in [0.2, 0.25) is 5.91 Å². The quantitative estimate of drug-likeness (QED) is 0.872. The number of imide groups is 1. The highest BCUT2D eigenvalue weighted by molar-refractivity contribution is 6.02. The Labute approximate surface area is 157 Å². The van der Waals surface area contributed by atoms with Gasteiger partial charge in [-0.3, -0.25) is 10.1 Å². The number of benzene rings is 2. The second kappa shape index (κ2) is 7.19. The van der Waals surface area contributed by atoms with E-state index in [1.807, 2.05) is 23.1 Å². The number of para-hydroxylation sites is 1. The third-order valence-corrected chi connectivity index (χ3v) is 4.72. The van der Waals surface area contributed by atoms with Gasteiger partial charge in [0.05, 0.1) is 6.54 Å². The number of fused-ring (bicyclic) bond motifs is 2. The molecule has 0 saturated heterocycles. The Morgan fingerprint density at radius 3 is 2.74 bits per heavy atom. The number of anilines is 2. The maximum absolute atomic E-state index is 12.3. The van der Waals surface area contributed by atoms with Gasteiger partial charge in [0.15, 0.2) is 11.5 Å². The van der Waals surface area contributed by atoms with Crippen LogP contribution in [0.15, 0.2) is 42.5 Å². The molecule has 140 valence electrons. The summed E-state index contributed by atoms with van der Waals surface area (Å²) >= 11 is 0. The Bertz CT molecular complexity index is 883. The molecule has 7 nitrogen and oxygen atoms in total. The minimum atomic E-state index is -0.572. The zero-order chi connectivity index (χ0) is 18.8. The number of hydrogen-bond donors (Lipinski definition) is 2. The maximum atomic E-state index is 12.3. The minimum absolute atomic E-state index is 0.132. The first-order chi connectivity index (χ1) is 13.1. The molecule has 0 bridgehead atoms. The molecule has 4 rings (SSSR count). The topological polar surface area (TPSA) is 79.9 Å². The number of hydrogen-bond acceptors (Lipinski definition) is 5. The summed E-state index contributed by atoms with van der Waals surface area (Å²) in [5.41, 5.74) is 2.80. The summed E-state index contributed by atoms with van der Waals surface area (Å²) in [6.07, 6.45) is 0.896. The molecule has 27 heavy (non-hydrogen) atoms. The molecule has 1 atom stereocenters. The largest absolute Gasteiger partial charge is 0.486 e. The van der Waals surface area contributed by atoms with Crippen molar-refractivity contribution in [1.29, 1.82) is 0 Å². The van der Waals surface area contributed by atoms with Crippen molar-refractivity contribution in [2.45, 2.75) is 19.4 Å². The Hall–Kier alpha value is -3.22. The highest BCUT2D eigenvalue weighted by Crippen LogP contribution is 2.33. The fourth-order valence-corrected chi connectivity index (χ4v) is 3.47. The molecule has 7 heteroatoms. The number of carbonyl (C=O) groups excluding carboxylic acids is 2. The first-order valence-corrected chi connectivity index (χ1v) is 8.95. The van der Waals surface area contributed by atoms with Gasteiger partial charge in [-0.2, -0.15) is 0 Å². The summed E-state index contributed by atoms with van der Waals surface area (Å²) in [5.74, 6) is 0.867. The molecular formula is C20H21N3O4. The third kappa shape index (κ3) is 3.67. The SMILES string of the molecule is CC1Cc2ccccc2N1CC(=O)NC(=O)Nc1ccc2c(c1)OCCO2. The molecule has 2 aromatic rings. The smallest absolute Gasteiger partial charge is 0.325 e. The van der Waals surface area contributed by atoms with Crippen molar-refractivity contribution < 1.29 is 19.1 Å². The lowest BCUT2D eigenvalue weighted by Gasteiger charge is -2.24. The van der Waals surface area contributed by atoms with Crippen LogP contribution in [0.3, 0.4) is 0 Å². The van der Waals surface area contributed by atoms with Crippen molar-refractivity contribution in [3.63, 3.8) is 0 Å². The molecular weight excluding hydrogens is 346 g/mol. The second-order valence-electron chi connectivity index (χ2n) is 6.67. The summed E-state index contributed by atoms with van der Waals surface area (Å²) < 4.78 is 10.9. The van der Waals surface area contributed by atoms with Gasteiger partial charge in [-0.05, 0) is 37.1 Å². The van der Waals surface area contributed by atoms with Crippen LogP contribution >= 0.6 is 0 Å². The molecule has 0 aromatic heterocycles. The third-order valence-electron chi connectivity index (χ3n) is 4.72. The monoisotopic (exact) mass is 367 g/mol. The zero-order valence-electron chi connectivity index (χ0n) is 15.0. The van der Waals surface area contributed by atoms with Gasteiger partial charge in [-0.25, -0.2) is 4.79 Å². The van der Waals surface area contributed by atoms with Crippen molar-refractivity contribution in [2.75, 3.05) is 30.0 Å². The molecule has 0 radical (unpaired) electrons. The van der Waals surface area contributed by atoms with Crippen LogP contribution in [-0.4, -0.2) is 37.7 Å². The second-order valence-corrected chi connectivity index (χ2v) is 6.67. The van der Waals surface area contributed by atoms with Crippen LogP contribution in [-0.2, 0) is 11.2 Å². The van der Waals surface area contributed by atoms with Gasteiger partial charge >= 0.3 is 6.03 Å². The van der Waals surface area contributed by atoms with Crippen molar-refractivity contribution in [3.8, 4) is 11.5 Å². The van der Waals surface area contributed by atoms with Crippen LogP contribution in [0.25, 0.3) is 0 Å². The molecule has 2 N–H and O–H groups in total. The van der Waals surface area contributed by atoms with E-state index in [-0.39, 0.29) is 18.5 Å². The van der Waals surface area contributed by atoms with Crippen LogP contribution in [0.1, 0.15) is 12.5 Å². The van der Waals surface area contributed by atoms with Crippen molar-refractivity contribution in [3.05, 3.63) is 48.0 Å². The Morgan fingerprint density at radius 2 is 1.89 bits per heavy atom. The number of rotatable bonds is 3. The lowest BCUT2D eigenvalue weighted by atomic mass is 10.1. The number of ether oxygens (including phenoxy) is 2. The Morgan fingerprint density at radius 1 is 1.11 bits per heavy atom.